The molecule has 0 bridgehead atoms. The van der Waals surface area contributed by atoms with E-state index in [0.717, 1.165) is 0 Å². The van der Waals surface area contributed by atoms with Gasteiger partial charge in [-0.2, -0.15) is 0 Å². The Morgan fingerprint density at radius 3 is 2.38 bits per heavy atom. The highest BCUT2D eigenvalue weighted by molar-refractivity contribution is 5.90. The summed E-state index contributed by atoms with van der Waals surface area (Å²) in [5.41, 5.74) is 5.16. The monoisotopic (exact) mass is 226 g/mol. The summed E-state index contributed by atoms with van der Waals surface area (Å²) in [5.74, 6) is -2.63. The Labute approximate surface area is 92.4 Å². The number of aliphatic carboxylic acids is 1. The minimum absolute atomic E-state index is 0.142. The molecule has 0 aromatic carbocycles. The Morgan fingerprint density at radius 1 is 1.25 bits per heavy atom. The number of carbonyl (C=O) groups excluding carboxylic acids is 2. The Morgan fingerprint density at radius 2 is 1.94 bits per heavy atom. The number of nitrogens with zero attached hydrogens (tertiary/aromatic N) is 1. The van der Waals surface area contributed by atoms with Gasteiger partial charge < -0.3 is 15.7 Å². The van der Waals surface area contributed by atoms with Crippen molar-refractivity contribution in [2.45, 2.75) is 12.8 Å². The lowest BCUT2D eigenvalue weighted by Crippen LogP contribution is -2.33. The predicted molar refractivity (Wildman–Crippen MR) is 53.1 cm³/mol. The van der Waals surface area contributed by atoms with Crippen LogP contribution in [0.25, 0.3) is 0 Å². The summed E-state index contributed by atoms with van der Waals surface area (Å²) in [7, 11) is 0. The van der Waals surface area contributed by atoms with Crippen molar-refractivity contribution in [1.82, 2.24) is 4.90 Å². The molecule has 3 atom stereocenters. The summed E-state index contributed by atoms with van der Waals surface area (Å²) in [5, 5.41) is 8.71. The van der Waals surface area contributed by atoms with Crippen LogP contribution in [0.4, 0.5) is 0 Å². The third kappa shape index (κ3) is 1.87. The van der Waals surface area contributed by atoms with Crippen LogP contribution in [-0.2, 0) is 14.4 Å². The van der Waals surface area contributed by atoms with Crippen LogP contribution < -0.4 is 5.73 Å². The number of nitrogens with two attached hydrogens (primary N) is 1. The second-order valence-electron chi connectivity index (χ2n) is 4.46. The van der Waals surface area contributed by atoms with Gasteiger partial charge in [0.05, 0.1) is 17.8 Å². The number of carboxylic acid groups (broad SMARTS) is 1. The van der Waals surface area contributed by atoms with Crippen molar-refractivity contribution in [3.8, 4) is 0 Å². The van der Waals surface area contributed by atoms with Crippen LogP contribution in [0.1, 0.15) is 12.8 Å². The van der Waals surface area contributed by atoms with Crippen LogP contribution in [0.15, 0.2) is 0 Å². The molecule has 1 aliphatic heterocycles. The van der Waals surface area contributed by atoms with E-state index in [1.165, 1.54) is 0 Å². The predicted octanol–water partition coefficient (Wildman–Crippen LogP) is -0.959. The van der Waals surface area contributed by atoms with Crippen molar-refractivity contribution in [2.75, 3.05) is 13.1 Å². The first-order chi connectivity index (χ1) is 7.50. The fourth-order valence-corrected chi connectivity index (χ4v) is 2.17. The molecule has 1 heterocycles. The number of hydrogen-bond acceptors (Lipinski definition) is 3. The quantitative estimate of drug-likeness (QED) is 0.647. The normalized spacial score (nSPS) is 32.5. The van der Waals surface area contributed by atoms with E-state index in [1.807, 2.05) is 0 Å². The van der Waals surface area contributed by atoms with Gasteiger partial charge in [-0.1, -0.05) is 0 Å². The molecule has 1 saturated heterocycles. The fraction of sp³-hybridized carbons (Fsp3) is 0.700. The summed E-state index contributed by atoms with van der Waals surface area (Å²) >= 11 is 0. The van der Waals surface area contributed by atoms with Gasteiger partial charge in [0.15, 0.2) is 0 Å². The van der Waals surface area contributed by atoms with E-state index in [4.69, 9.17) is 10.8 Å². The number of rotatable bonds is 3. The Balaban J connectivity index is 1.89. The van der Waals surface area contributed by atoms with Crippen LogP contribution in [0.2, 0.25) is 0 Å². The first-order valence-corrected chi connectivity index (χ1v) is 5.31. The van der Waals surface area contributed by atoms with E-state index in [2.05, 4.69) is 0 Å². The maximum Gasteiger partial charge on any atom is 0.307 e. The molecule has 0 aromatic rings. The van der Waals surface area contributed by atoms with Gasteiger partial charge >= 0.3 is 5.97 Å². The van der Waals surface area contributed by atoms with Crippen molar-refractivity contribution in [1.29, 1.82) is 0 Å². The molecule has 2 amide bonds. The topological polar surface area (TPSA) is 101 Å². The van der Waals surface area contributed by atoms with E-state index >= 15 is 0 Å². The maximum atomic E-state index is 11.8. The van der Waals surface area contributed by atoms with E-state index in [1.54, 1.807) is 4.90 Å². The molecule has 0 aromatic heterocycles. The zero-order chi connectivity index (χ0) is 11.9. The molecular formula is C10H14N2O4. The average molecular weight is 226 g/mol. The number of hydrogen-bond donors (Lipinski definition) is 2. The standard InChI is InChI=1S/C10H14N2O4/c11-8(13)5-1-2-12(4-5)9(14)6-3-7(6)10(15)16/h5-7H,1-4H2,(H2,11,13)(H,15,16)/t5?,6-,7+/m1/s1. The van der Waals surface area contributed by atoms with Gasteiger partial charge in [0, 0.05) is 13.1 Å². The molecule has 1 saturated carbocycles. The molecule has 6 heteroatoms. The van der Waals surface area contributed by atoms with Gasteiger partial charge in [-0.05, 0) is 12.8 Å². The van der Waals surface area contributed by atoms with Crippen molar-refractivity contribution >= 4 is 17.8 Å². The molecule has 0 spiro atoms. The summed E-state index contributed by atoms with van der Waals surface area (Å²) in [6.45, 7) is 0.853. The summed E-state index contributed by atoms with van der Waals surface area (Å²) in [6, 6.07) is 0. The molecule has 2 rings (SSSR count). The van der Waals surface area contributed by atoms with Gasteiger partial charge in [-0.25, -0.2) is 0 Å². The zero-order valence-corrected chi connectivity index (χ0v) is 8.76. The molecule has 3 N–H and O–H groups in total. The SMILES string of the molecule is NC(=O)C1CCN(C(=O)[C@@H]2C[C@@H]2C(=O)O)C1. The third-order valence-corrected chi connectivity index (χ3v) is 3.33. The summed E-state index contributed by atoms with van der Waals surface area (Å²) in [4.78, 5) is 34.9. The molecule has 16 heavy (non-hydrogen) atoms. The molecular weight excluding hydrogens is 212 g/mol. The lowest BCUT2D eigenvalue weighted by molar-refractivity contribution is -0.141. The molecule has 88 valence electrons. The summed E-state index contributed by atoms with van der Waals surface area (Å²) in [6.07, 6.45) is 1.01. The third-order valence-electron chi connectivity index (χ3n) is 3.33. The fourth-order valence-electron chi connectivity index (χ4n) is 2.17. The number of carbonyl (C=O) groups is 3. The molecule has 0 radical (unpaired) electrons. The van der Waals surface area contributed by atoms with Crippen molar-refractivity contribution in [3.63, 3.8) is 0 Å². The van der Waals surface area contributed by atoms with Gasteiger partial charge in [-0.3, -0.25) is 14.4 Å². The Hall–Kier alpha value is -1.59. The van der Waals surface area contributed by atoms with Gasteiger partial charge in [0.1, 0.15) is 0 Å². The molecule has 1 aliphatic carbocycles. The molecule has 6 nitrogen and oxygen atoms in total. The smallest absolute Gasteiger partial charge is 0.307 e. The lowest BCUT2D eigenvalue weighted by atomic mass is 10.1. The number of likely N-dealkylation sites (tertiary alicyclic amines) is 1. The lowest BCUT2D eigenvalue weighted by Gasteiger charge is -2.15. The molecule has 2 fully saturated rings. The van der Waals surface area contributed by atoms with E-state index in [9.17, 15) is 14.4 Å². The van der Waals surface area contributed by atoms with E-state index in [-0.39, 0.29) is 23.7 Å². The number of amides is 2. The zero-order valence-electron chi connectivity index (χ0n) is 8.76. The van der Waals surface area contributed by atoms with Crippen LogP contribution in [0.5, 0.6) is 0 Å². The van der Waals surface area contributed by atoms with Crippen LogP contribution in [-0.4, -0.2) is 40.9 Å². The maximum absolute atomic E-state index is 11.8. The Bertz CT molecular complexity index is 355. The van der Waals surface area contributed by atoms with Gasteiger partial charge in [0.25, 0.3) is 0 Å². The Kier molecular flexibility index (Phi) is 2.57. The minimum atomic E-state index is -0.913. The van der Waals surface area contributed by atoms with E-state index < -0.39 is 11.9 Å². The van der Waals surface area contributed by atoms with Crippen molar-refractivity contribution < 1.29 is 19.5 Å². The van der Waals surface area contributed by atoms with E-state index in [0.29, 0.717) is 25.9 Å². The summed E-state index contributed by atoms with van der Waals surface area (Å²) < 4.78 is 0. The first kappa shape index (κ1) is 10.9. The highest BCUT2D eigenvalue weighted by atomic mass is 16.4. The largest absolute Gasteiger partial charge is 0.481 e. The average Bonchev–Trinajstić information content (AvgIpc) is 2.86. The highest BCUT2D eigenvalue weighted by Gasteiger charge is 2.50. The van der Waals surface area contributed by atoms with Crippen LogP contribution in [0, 0.1) is 17.8 Å². The number of primary amides is 1. The van der Waals surface area contributed by atoms with Gasteiger partial charge in [0.2, 0.25) is 11.8 Å². The molecule has 2 aliphatic rings. The van der Waals surface area contributed by atoms with Crippen molar-refractivity contribution in [3.05, 3.63) is 0 Å². The number of carboxylic acids is 1. The second kappa shape index (κ2) is 3.77. The minimum Gasteiger partial charge on any atom is -0.481 e. The second-order valence-corrected chi connectivity index (χ2v) is 4.46. The first-order valence-electron chi connectivity index (χ1n) is 5.31. The van der Waals surface area contributed by atoms with Gasteiger partial charge in [-0.15, -0.1) is 0 Å². The van der Waals surface area contributed by atoms with Crippen molar-refractivity contribution in [2.24, 2.45) is 23.5 Å². The van der Waals surface area contributed by atoms with Crippen LogP contribution in [0.3, 0.4) is 0 Å². The highest BCUT2D eigenvalue weighted by Crippen LogP contribution is 2.40. The molecule has 1 unspecified atom stereocenters. The van der Waals surface area contributed by atoms with Crippen LogP contribution >= 0.6 is 0 Å².